The van der Waals surface area contributed by atoms with E-state index in [0.717, 1.165) is 16.3 Å². The van der Waals surface area contributed by atoms with Gasteiger partial charge in [-0.05, 0) is 59.4 Å². The first-order chi connectivity index (χ1) is 14.8. The van der Waals surface area contributed by atoms with E-state index in [1.165, 1.54) is 6.07 Å². The molecule has 6 heteroatoms. The van der Waals surface area contributed by atoms with Gasteiger partial charge in [0.15, 0.2) is 0 Å². The number of hydrogen-bond acceptors (Lipinski definition) is 2. The maximum atomic E-state index is 14.7. The van der Waals surface area contributed by atoms with Crippen molar-refractivity contribution in [2.24, 2.45) is 5.92 Å². The van der Waals surface area contributed by atoms with Gasteiger partial charge in [-0.15, -0.1) is 11.6 Å². The van der Waals surface area contributed by atoms with Crippen molar-refractivity contribution >= 4 is 39.9 Å². The van der Waals surface area contributed by atoms with Crippen LogP contribution in [0.15, 0.2) is 54.6 Å². The molecule has 0 spiro atoms. The van der Waals surface area contributed by atoms with Crippen molar-refractivity contribution in [3.63, 3.8) is 0 Å². The summed E-state index contributed by atoms with van der Waals surface area (Å²) in [5, 5.41) is 22.1. The Kier molecular flexibility index (Phi) is 6.52. The lowest BCUT2D eigenvalue weighted by Gasteiger charge is -2.25. The molecule has 31 heavy (non-hydrogen) atoms. The maximum absolute atomic E-state index is 14.7. The molecule has 1 aliphatic carbocycles. The van der Waals surface area contributed by atoms with Gasteiger partial charge in [0.05, 0.1) is 6.10 Å². The fourth-order valence-corrected chi connectivity index (χ4v) is 5.41. The second kappa shape index (κ2) is 9.15. The molecule has 3 aromatic carbocycles. The molecular weight excluding hydrogens is 438 g/mol. The number of carboxylic acids is 1. The summed E-state index contributed by atoms with van der Waals surface area (Å²) in [6, 6.07) is 16.6. The van der Waals surface area contributed by atoms with Crippen LogP contribution in [0.3, 0.4) is 0 Å². The van der Waals surface area contributed by atoms with Crippen LogP contribution in [0.2, 0.25) is 5.02 Å². The van der Waals surface area contributed by atoms with E-state index >= 15 is 0 Å². The van der Waals surface area contributed by atoms with Crippen LogP contribution in [0.25, 0.3) is 10.8 Å². The number of aryl methyl sites for hydroxylation is 1. The first-order valence-electron chi connectivity index (χ1n) is 10.3. The number of rotatable bonds is 6. The predicted molar refractivity (Wildman–Crippen MR) is 122 cm³/mol. The van der Waals surface area contributed by atoms with Crippen LogP contribution in [0.5, 0.6) is 0 Å². The van der Waals surface area contributed by atoms with Gasteiger partial charge in [0.25, 0.3) is 0 Å². The van der Waals surface area contributed by atoms with Crippen molar-refractivity contribution in [1.29, 1.82) is 0 Å². The third kappa shape index (κ3) is 4.57. The number of hydrogen-bond donors (Lipinski definition) is 2. The number of benzene rings is 3. The van der Waals surface area contributed by atoms with Crippen molar-refractivity contribution in [1.82, 2.24) is 0 Å². The average molecular weight is 461 g/mol. The monoisotopic (exact) mass is 460 g/mol. The summed E-state index contributed by atoms with van der Waals surface area (Å²) in [5.74, 6) is -1.79. The summed E-state index contributed by atoms with van der Waals surface area (Å²) in [6.45, 7) is 0. The number of halogens is 3. The Bertz CT molecular complexity index is 1120. The van der Waals surface area contributed by atoms with E-state index in [9.17, 15) is 14.3 Å². The molecule has 0 aliphatic heterocycles. The lowest BCUT2D eigenvalue weighted by molar-refractivity contribution is -0.136. The zero-order chi connectivity index (χ0) is 22.1. The number of carbonyl (C=O) groups is 1. The quantitative estimate of drug-likeness (QED) is 0.445. The highest BCUT2D eigenvalue weighted by molar-refractivity contribution is 6.35. The summed E-state index contributed by atoms with van der Waals surface area (Å²) < 4.78 is 14.7. The van der Waals surface area contributed by atoms with E-state index in [4.69, 9.17) is 28.3 Å². The van der Waals surface area contributed by atoms with Crippen molar-refractivity contribution < 1.29 is 19.4 Å². The van der Waals surface area contributed by atoms with E-state index in [0.29, 0.717) is 29.0 Å². The maximum Gasteiger partial charge on any atom is 0.303 e. The van der Waals surface area contributed by atoms with Gasteiger partial charge in [-0.2, -0.15) is 0 Å². The van der Waals surface area contributed by atoms with E-state index in [1.807, 2.05) is 36.4 Å². The number of aliphatic hydroxyl groups excluding tert-OH is 1. The van der Waals surface area contributed by atoms with Crippen LogP contribution < -0.4 is 0 Å². The van der Waals surface area contributed by atoms with Gasteiger partial charge in [0.2, 0.25) is 0 Å². The standard InChI is InChI=1S/C25H23Cl2FO3/c26-20-9-7-15(17-3-1-2-4-18(17)20)11-19-21(27)13-23(29)25(19)16-6-5-14(22(28)12-16)8-10-24(30)31/h1-7,9,12,19,21,23,25,29H,8,10-11,13H2,(H,30,31)/t19?,21?,23?,25-/m1/s1. The summed E-state index contributed by atoms with van der Waals surface area (Å²) in [6.07, 6.45) is 0.404. The molecule has 3 aromatic rings. The Balaban J connectivity index is 1.65. The van der Waals surface area contributed by atoms with Gasteiger partial charge in [-0.3, -0.25) is 4.79 Å². The minimum absolute atomic E-state index is 0.0782. The second-order valence-electron chi connectivity index (χ2n) is 8.21. The molecule has 2 N–H and O–H groups in total. The molecule has 1 aliphatic rings. The Hall–Kier alpha value is -2.14. The van der Waals surface area contributed by atoms with Crippen molar-refractivity contribution in [3.8, 4) is 0 Å². The highest BCUT2D eigenvalue weighted by Gasteiger charge is 2.42. The first-order valence-corrected chi connectivity index (χ1v) is 11.1. The predicted octanol–water partition coefficient (Wildman–Crippen LogP) is 5.96. The summed E-state index contributed by atoms with van der Waals surface area (Å²) in [4.78, 5) is 10.8. The van der Waals surface area contributed by atoms with Crippen LogP contribution >= 0.6 is 23.2 Å². The fraction of sp³-hybridized carbons (Fsp3) is 0.320. The molecule has 1 fully saturated rings. The van der Waals surface area contributed by atoms with Crippen molar-refractivity contribution in [2.75, 3.05) is 0 Å². The summed E-state index contributed by atoms with van der Waals surface area (Å²) in [5.41, 5.74) is 2.14. The molecule has 0 amide bonds. The Morgan fingerprint density at radius 3 is 2.48 bits per heavy atom. The van der Waals surface area contributed by atoms with Gasteiger partial charge in [0, 0.05) is 28.1 Å². The Labute approximate surface area is 190 Å². The summed E-state index contributed by atoms with van der Waals surface area (Å²) in [7, 11) is 0. The van der Waals surface area contributed by atoms with E-state index in [-0.39, 0.29) is 30.1 Å². The Morgan fingerprint density at radius 2 is 1.77 bits per heavy atom. The summed E-state index contributed by atoms with van der Waals surface area (Å²) >= 11 is 13.0. The number of aliphatic hydroxyl groups is 1. The fourth-order valence-electron chi connectivity index (χ4n) is 4.76. The van der Waals surface area contributed by atoms with E-state index < -0.39 is 17.9 Å². The van der Waals surface area contributed by atoms with Crippen molar-refractivity contribution in [2.45, 2.75) is 43.1 Å². The molecule has 4 atom stereocenters. The highest BCUT2D eigenvalue weighted by Crippen LogP contribution is 2.45. The normalized spacial score (nSPS) is 23.4. The van der Waals surface area contributed by atoms with E-state index in [2.05, 4.69) is 0 Å². The molecular formula is C25H23Cl2FO3. The van der Waals surface area contributed by atoms with Crippen LogP contribution in [0.4, 0.5) is 4.39 Å². The SMILES string of the molecule is O=C(O)CCc1ccc([C@H]2C(O)CC(Cl)C2Cc2ccc(Cl)c3ccccc23)cc1F. The minimum atomic E-state index is -0.963. The molecule has 4 rings (SSSR count). The van der Waals surface area contributed by atoms with Crippen LogP contribution in [0.1, 0.15) is 35.4 Å². The topological polar surface area (TPSA) is 57.5 Å². The first kappa shape index (κ1) is 22.1. The largest absolute Gasteiger partial charge is 0.481 e. The minimum Gasteiger partial charge on any atom is -0.481 e. The van der Waals surface area contributed by atoms with Gasteiger partial charge in [-0.1, -0.05) is 54.1 Å². The lowest BCUT2D eigenvalue weighted by atomic mass is 9.82. The number of carboxylic acid groups (broad SMARTS) is 1. The number of aliphatic carboxylic acids is 1. The van der Waals surface area contributed by atoms with Gasteiger partial charge >= 0.3 is 5.97 Å². The van der Waals surface area contributed by atoms with Crippen LogP contribution in [-0.4, -0.2) is 27.7 Å². The van der Waals surface area contributed by atoms with Gasteiger partial charge < -0.3 is 10.2 Å². The molecule has 0 bridgehead atoms. The molecule has 162 valence electrons. The Morgan fingerprint density at radius 1 is 1.06 bits per heavy atom. The van der Waals surface area contributed by atoms with E-state index in [1.54, 1.807) is 12.1 Å². The zero-order valence-electron chi connectivity index (χ0n) is 16.8. The van der Waals surface area contributed by atoms with Gasteiger partial charge in [0.1, 0.15) is 5.82 Å². The highest BCUT2D eigenvalue weighted by atomic mass is 35.5. The zero-order valence-corrected chi connectivity index (χ0v) is 18.3. The molecule has 0 aromatic heterocycles. The van der Waals surface area contributed by atoms with Crippen molar-refractivity contribution in [3.05, 3.63) is 82.1 Å². The molecule has 0 saturated heterocycles. The number of fused-ring (bicyclic) bond motifs is 1. The van der Waals surface area contributed by atoms with Crippen LogP contribution in [-0.2, 0) is 17.6 Å². The lowest BCUT2D eigenvalue weighted by Crippen LogP contribution is -2.21. The third-order valence-corrected chi connectivity index (χ3v) is 7.13. The average Bonchev–Trinajstić information content (AvgIpc) is 3.02. The molecule has 0 radical (unpaired) electrons. The number of alkyl halides is 1. The van der Waals surface area contributed by atoms with Gasteiger partial charge in [-0.25, -0.2) is 4.39 Å². The van der Waals surface area contributed by atoms with Crippen LogP contribution in [0, 0.1) is 11.7 Å². The molecule has 0 heterocycles. The molecule has 3 unspecified atom stereocenters. The third-order valence-electron chi connectivity index (χ3n) is 6.29. The molecule has 3 nitrogen and oxygen atoms in total. The molecule has 1 saturated carbocycles. The second-order valence-corrected chi connectivity index (χ2v) is 9.18. The smallest absolute Gasteiger partial charge is 0.303 e.